The van der Waals surface area contributed by atoms with Crippen LogP contribution in [-0.2, 0) is 0 Å². The quantitative estimate of drug-likeness (QED) is 0.872. The molecule has 17 heavy (non-hydrogen) atoms. The summed E-state index contributed by atoms with van der Waals surface area (Å²) in [5, 5.41) is 10.6. The first-order valence-corrected chi connectivity index (χ1v) is 5.93. The Bertz CT molecular complexity index is 425. The third-order valence-electron chi connectivity index (χ3n) is 3.24. The van der Waals surface area contributed by atoms with Crippen LogP contribution in [0.25, 0.3) is 0 Å². The maximum absolute atomic E-state index is 12.0. The van der Waals surface area contributed by atoms with E-state index < -0.39 is 5.60 Å². The lowest BCUT2D eigenvalue weighted by Crippen LogP contribution is -2.66. The van der Waals surface area contributed by atoms with Gasteiger partial charge in [0.25, 0.3) is 5.91 Å². The first kappa shape index (κ1) is 12.3. The van der Waals surface area contributed by atoms with Crippen LogP contribution in [0.1, 0.15) is 24.3 Å². The summed E-state index contributed by atoms with van der Waals surface area (Å²) in [5.74, 6) is -0.0169. The highest BCUT2D eigenvalue weighted by Gasteiger charge is 2.46. The second-order valence-corrected chi connectivity index (χ2v) is 5.22. The van der Waals surface area contributed by atoms with Gasteiger partial charge in [-0.1, -0.05) is 25.4 Å². The van der Waals surface area contributed by atoms with E-state index in [2.05, 4.69) is 4.98 Å². The highest BCUT2D eigenvalue weighted by molar-refractivity contribution is 6.30. The Balaban J connectivity index is 2.02. The molecular weight excluding hydrogens is 240 g/mol. The van der Waals surface area contributed by atoms with E-state index >= 15 is 0 Å². The van der Waals surface area contributed by atoms with Crippen LogP contribution in [-0.4, -0.2) is 39.6 Å². The minimum atomic E-state index is -0.748. The normalized spacial score (nSPS) is 18.1. The number of carbonyl (C=O) groups excluding carboxylic acids is 1. The second-order valence-electron chi connectivity index (χ2n) is 4.78. The monoisotopic (exact) mass is 254 g/mol. The van der Waals surface area contributed by atoms with Gasteiger partial charge < -0.3 is 10.0 Å². The van der Waals surface area contributed by atoms with E-state index in [0.29, 0.717) is 23.8 Å². The van der Waals surface area contributed by atoms with Crippen LogP contribution in [0, 0.1) is 5.92 Å². The van der Waals surface area contributed by atoms with Crippen molar-refractivity contribution in [1.82, 2.24) is 9.88 Å². The number of halogens is 1. The van der Waals surface area contributed by atoms with Crippen molar-refractivity contribution in [1.29, 1.82) is 0 Å². The molecule has 2 rings (SSSR count). The van der Waals surface area contributed by atoms with Crippen LogP contribution >= 0.6 is 11.6 Å². The Labute approximate surface area is 105 Å². The minimum Gasteiger partial charge on any atom is -0.386 e. The number of aliphatic hydroxyl groups is 1. The largest absolute Gasteiger partial charge is 0.386 e. The lowest BCUT2D eigenvalue weighted by atomic mass is 9.83. The first-order chi connectivity index (χ1) is 7.92. The molecule has 0 radical (unpaired) electrons. The molecule has 0 aliphatic carbocycles. The number of amides is 1. The van der Waals surface area contributed by atoms with Crippen molar-refractivity contribution in [3.63, 3.8) is 0 Å². The Morgan fingerprint density at radius 1 is 1.53 bits per heavy atom. The summed E-state index contributed by atoms with van der Waals surface area (Å²) in [6, 6.07) is 3.23. The van der Waals surface area contributed by atoms with Gasteiger partial charge in [-0.05, 0) is 18.1 Å². The van der Waals surface area contributed by atoms with Crippen molar-refractivity contribution in [2.24, 2.45) is 5.92 Å². The van der Waals surface area contributed by atoms with Crippen LogP contribution in [0.3, 0.4) is 0 Å². The molecule has 1 aliphatic rings. The molecule has 4 nitrogen and oxygen atoms in total. The van der Waals surface area contributed by atoms with Crippen LogP contribution in [0.2, 0.25) is 5.02 Å². The number of rotatable bonds is 2. The number of hydrogen-bond donors (Lipinski definition) is 1. The molecule has 0 atom stereocenters. The summed E-state index contributed by atoms with van der Waals surface area (Å²) in [6.07, 6.45) is 1.45. The van der Waals surface area contributed by atoms with Crippen molar-refractivity contribution in [3.8, 4) is 0 Å². The van der Waals surface area contributed by atoms with Gasteiger partial charge in [0, 0.05) is 6.20 Å². The third kappa shape index (κ3) is 2.28. The van der Waals surface area contributed by atoms with Crippen molar-refractivity contribution in [3.05, 3.63) is 29.0 Å². The predicted octanol–water partition coefficient (Wildman–Crippen LogP) is 1.58. The lowest BCUT2D eigenvalue weighted by Gasteiger charge is -2.48. The lowest BCUT2D eigenvalue weighted by molar-refractivity contribution is -0.111. The zero-order valence-electron chi connectivity index (χ0n) is 9.85. The second kappa shape index (κ2) is 4.27. The summed E-state index contributed by atoms with van der Waals surface area (Å²) in [7, 11) is 0. The van der Waals surface area contributed by atoms with Gasteiger partial charge in [0.1, 0.15) is 11.3 Å². The summed E-state index contributed by atoms with van der Waals surface area (Å²) in [5.41, 5.74) is -0.387. The van der Waals surface area contributed by atoms with Crippen molar-refractivity contribution >= 4 is 17.5 Å². The Morgan fingerprint density at radius 2 is 2.18 bits per heavy atom. The number of nitrogens with zero attached hydrogens (tertiary/aromatic N) is 2. The van der Waals surface area contributed by atoms with Gasteiger partial charge in [0.15, 0.2) is 0 Å². The summed E-state index contributed by atoms with van der Waals surface area (Å²) in [6.45, 7) is 4.63. The van der Waals surface area contributed by atoms with Crippen molar-refractivity contribution < 1.29 is 9.90 Å². The van der Waals surface area contributed by atoms with Crippen LogP contribution in [0.5, 0.6) is 0 Å². The predicted molar refractivity (Wildman–Crippen MR) is 64.9 cm³/mol. The van der Waals surface area contributed by atoms with Crippen LogP contribution in [0.15, 0.2) is 18.3 Å². The van der Waals surface area contributed by atoms with E-state index in [0.717, 1.165) is 0 Å². The molecule has 0 unspecified atom stereocenters. The molecule has 2 heterocycles. The molecule has 0 spiro atoms. The van der Waals surface area contributed by atoms with E-state index in [1.807, 2.05) is 13.8 Å². The van der Waals surface area contributed by atoms with E-state index in [1.54, 1.807) is 17.0 Å². The van der Waals surface area contributed by atoms with E-state index in [-0.39, 0.29) is 11.8 Å². The molecule has 1 N–H and O–H groups in total. The number of hydrogen-bond acceptors (Lipinski definition) is 3. The number of aromatic nitrogens is 1. The van der Waals surface area contributed by atoms with Gasteiger partial charge in [-0.2, -0.15) is 0 Å². The number of likely N-dealkylation sites (tertiary alicyclic amines) is 1. The molecule has 5 heteroatoms. The van der Waals surface area contributed by atoms with Gasteiger partial charge in [-0.25, -0.2) is 4.98 Å². The zero-order valence-corrected chi connectivity index (χ0v) is 10.6. The summed E-state index contributed by atoms with van der Waals surface area (Å²) in [4.78, 5) is 17.5. The molecular formula is C12H15ClN2O2. The fourth-order valence-electron chi connectivity index (χ4n) is 1.79. The van der Waals surface area contributed by atoms with Gasteiger partial charge in [-0.15, -0.1) is 0 Å². The fraction of sp³-hybridized carbons (Fsp3) is 0.500. The average Bonchev–Trinajstić information content (AvgIpc) is 2.24. The van der Waals surface area contributed by atoms with Gasteiger partial charge >= 0.3 is 0 Å². The number of β-amino-alcohol motifs (C(OH)–C–C–N with tert-alkyl or cyclic N) is 1. The molecule has 1 fully saturated rings. The maximum atomic E-state index is 12.0. The van der Waals surface area contributed by atoms with E-state index in [4.69, 9.17) is 11.6 Å². The molecule has 1 amide bonds. The van der Waals surface area contributed by atoms with Crippen LogP contribution in [0.4, 0.5) is 0 Å². The minimum absolute atomic E-state index is 0.143. The maximum Gasteiger partial charge on any atom is 0.272 e. The van der Waals surface area contributed by atoms with Crippen LogP contribution < -0.4 is 0 Å². The molecule has 1 saturated heterocycles. The topological polar surface area (TPSA) is 53.4 Å². The highest BCUT2D eigenvalue weighted by atomic mass is 35.5. The van der Waals surface area contributed by atoms with Crippen molar-refractivity contribution in [2.45, 2.75) is 19.4 Å². The van der Waals surface area contributed by atoms with Gasteiger partial charge in [-0.3, -0.25) is 4.79 Å². The van der Waals surface area contributed by atoms with Gasteiger partial charge in [0.05, 0.1) is 18.1 Å². The Kier molecular flexibility index (Phi) is 3.10. The zero-order chi connectivity index (χ0) is 12.6. The summed E-state index contributed by atoms with van der Waals surface area (Å²) < 4.78 is 0. The van der Waals surface area contributed by atoms with Gasteiger partial charge in [0.2, 0.25) is 0 Å². The molecule has 0 saturated carbocycles. The smallest absolute Gasteiger partial charge is 0.272 e. The Hall–Kier alpha value is -1.13. The number of carbonyl (C=O) groups is 1. The van der Waals surface area contributed by atoms with E-state index in [1.165, 1.54) is 6.20 Å². The molecule has 1 aromatic heterocycles. The fourth-order valence-corrected chi connectivity index (χ4v) is 1.90. The first-order valence-electron chi connectivity index (χ1n) is 5.55. The third-order valence-corrected chi connectivity index (χ3v) is 3.46. The molecule has 92 valence electrons. The molecule has 1 aromatic rings. The standard InChI is InChI=1S/C12H15ClN2O2/c1-8(2)12(17)6-15(7-12)11(16)10-4-3-9(13)5-14-10/h3-5,8,17H,6-7H2,1-2H3. The molecule has 0 aromatic carbocycles. The molecule has 0 bridgehead atoms. The number of pyridine rings is 1. The average molecular weight is 255 g/mol. The molecule has 1 aliphatic heterocycles. The van der Waals surface area contributed by atoms with Crippen molar-refractivity contribution in [2.75, 3.05) is 13.1 Å². The highest BCUT2D eigenvalue weighted by Crippen LogP contribution is 2.29. The van der Waals surface area contributed by atoms with E-state index in [9.17, 15) is 9.90 Å². The summed E-state index contributed by atoms with van der Waals surface area (Å²) >= 11 is 5.70. The Morgan fingerprint density at radius 3 is 2.65 bits per heavy atom. The SMILES string of the molecule is CC(C)C1(O)CN(C(=O)c2ccc(Cl)cn2)C1.